The molecule has 0 unspecified atom stereocenters. The first-order valence-corrected chi connectivity index (χ1v) is 48.1. The van der Waals surface area contributed by atoms with Crippen LogP contribution in [0.25, 0.3) is 83.5 Å². The van der Waals surface area contributed by atoms with E-state index in [0.717, 1.165) is 171 Å². The summed E-state index contributed by atoms with van der Waals surface area (Å²) in [6.07, 6.45) is 35.3. The van der Waals surface area contributed by atoms with Crippen molar-refractivity contribution in [3.8, 4) is 64.1 Å². The van der Waals surface area contributed by atoms with Crippen LogP contribution in [0, 0.1) is 84.5 Å². The molecule has 13 aromatic rings. The topological polar surface area (TPSA) is 588 Å². The number of rotatable bonds is 18. The maximum absolute atomic E-state index is 14.5. The molecule has 0 radical (unpaired) electrons. The van der Waals surface area contributed by atoms with E-state index >= 15 is 0 Å². The number of pyridine rings is 2. The fourth-order valence-electron chi connectivity index (χ4n) is 18.0. The number of nitriles is 5. The summed E-state index contributed by atoms with van der Waals surface area (Å²) < 4.78 is 152. The predicted molar refractivity (Wildman–Crippen MR) is 507 cm³/mol. The molecule has 7 aliphatic rings. The van der Waals surface area contributed by atoms with Gasteiger partial charge in [-0.05, 0) is 146 Å². The van der Waals surface area contributed by atoms with E-state index in [1.165, 1.54) is 23.7 Å². The van der Waals surface area contributed by atoms with Gasteiger partial charge in [-0.1, -0.05) is 0 Å². The van der Waals surface area contributed by atoms with Gasteiger partial charge in [-0.15, -0.1) is 10.2 Å². The molecule has 13 aromatic heterocycles. The quantitative estimate of drug-likeness (QED) is 0.00884. The summed E-state index contributed by atoms with van der Waals surface area (Å²) in [5.74, 6) is -0.0969. The number of hydrogen-bond donors (Lipinski definition) is 6. The monoisotopic (exact) mass is 2060 g/mol. The van der Waals surface area contributed by atoms with Crippen molar-refractivity contribution in [1.29, 1.82) is 26.3 Å². The van der Waals surface area contributed by atoms with Crippen LogP contribution in [0.3, 0.4) is 0 Å². The number of amides is 2. The van der Waals surface area contributed by atoms with Crippen molar-refractivity contribution in [2.24, 2.45) is 11.8 Å². The maximum Gasteiger partial charge on any atom is 0.436 e. The number of carbonyl (C=O) groups is 4. The molecule has 774 valence electrons. The lowest BCUT2D eigenvalue weighted by atomic mass is 9.75. The summed E-state index contributed by atoms with van der Waals surface area (Å²) in [7, 11) is 3.05. The first kappa shape index (κ1) is 110. The maximum atomic E-state index is 14.5. The van der Waals surface area contributed by atoms with Crippen LogP contribution in [-0.2, 0) is 38.5 Å². The van der Waals surface area contributed by atoms with Gasteiger partial charge in [-0.25, -0.2) is 86.6 Å². The zero-order valence-corrected chi connectivity index (χ0v) is 82.3. The molecule has 0 spiro atoms. The highest BCUT2D eigenvalue weighted by Gasteiger charge is 2.50. The third-order valence-corrected chi connectivity index (χ3v) is 26.0. The van der Waals surface area contributed by atoms with Gasteiger partial charge in [-0.3, -0.25) is 44.6 Å². The van der Waals surface area contributed by atoms with E-state index in [2.05, 4.69) is 132 Å². The number of Topliss-reactive ketones (excluding diaryl/α,β-unsaturated/α-hetero) is 2. The number of aromatic nitrogens is 20. The molecule has 3 aliphatic heterocycles. The molecule has 41 nitrogen and oxygen atoms in total. The number of allylic oxidation sites excluding steroid dienone is 2. The minimum atomic E-state index is -4.99. The van der Waals surface area contributed by atoms with Gasteiger partial charge in [0.2, 0.25) is 0 Å². The van der Waals surface area contributed by atoms with Crippen molar-refractivity contribution in [3.63, 3.8) is 0 Å². The van der Waals surface area contributed by atoms with Crippen molar-refractivity contribution in [2.45, 2.75) is 189 Å². The molecular formula is C98H105ClF8N32O9. The number of hydrazine groups is 1. The molecular weight excluding hydrogens is 1960 g/mol. The van der Waals surface area contributed by atoms with Crippen LogP contribution in [-0.4, -0.2) is 238 Å². The summed E-state index contributed by atoms with van der Waals surface area (Å²) in [5, 5.41) is 61.8. The van der Waals surface area contributed by atoms with Gasteiger partial charge in [0.15, 0.2) is 35.0 Å². The Morgan fingerprint density at radius 1 is 0.568 bits per heavy atom. The summed E-state index contributed by atoms with van der Waals surface area (Å²) in [6.45, 7) is 8.24. The predicted octanol–water partition coefficient (Wildman–Crippen LogP) is 10.4. The molecule has 50 heteroatoms. The number of nitrogens with zero attached hydrogens (tertiary/aromatic N) is 26. The van der Waals surface area contributed by atoms with Crippen molar-refractivity contribution in [3.05, 3.63) is 194 Å². The number of hydrogen-bond acceptors (Lipinski definition) is 31. The van der Waals surface area contributed by atoms with Crippen molar-refractivity contribution in [1.82, 2.24) is 124 Å². The highest BCUT2D eigenvalue weighted by Crippen LogP contribution is 2.46. The van der Waals surface area contributed by atoms with E-state index in [9.17, 15) is 59.6 Å². The molecule has 7 N–H and O–H groups in total. The molecule has 16 heterocycles. The minimum absolute atomic E-state index is 0.0141. The Morgan fingerprint density at radius 2 is 0.973 bits per heavy atom. The number of piperidine rings is 1. The highest BCUT2D eigenvalue weighted by atomic mass is 35.7. The molecule has 3 saturated heterocycles. The molecule has 7 fully saturated rings. The number of fused-ring (bicyclic) bond motifs is 4. The Balaban J connectivity index is 0.000000149. The van der Waals surface area contributed by atoms with Crippen LogP contribution >= 0.6 is 0 Å². The molecule has 0 bridgehead atoms. The van der Waals surface area contributed by atoms with Gasteiger partial charge in [0, 0.05) is 190 Å². The Hall–Kier alpha value is -15.7. The number of likely N-dealkylation sites (tertiary alicyclic amines) is 3. The molecule has 4 aliphatic carbocycles. The average molecular weight is 2060 g/mol. The third kappa shape index (κ3) is 26.6. The Kier molecular flexibility index (Phi) is 35.0. The summed E-state index contributed by atoms with van der Waals surface area (Å²) >= 11 is 0. The van der Waals surface area contributed by atoms with E-state index in [1.807, 2.05) is 152 Å². The Bertz CT molecular complexity index is 7030. The molecule has 148 heavy (non-hydrogen) atoms. The van der Waals surface area contributed by atoms with Gasteiger partial charge in [0.25, 0.3) is 5.91 Å². The average Bonchev–Trinajstić information content (AvgIpc) is 1.68. The van der Waals surface area contributed by atoms with Crippen molar-refractivity contribution < 1.29 is 92.5 Å². The van der Waals surface area contributed by atoms with Crippen molar-refractivity contribution in [2.75, 3.05) is 67.5 Å². The van der Waals surface area contributed by atoms with Crippen LogP contribution in [0.4, 0.5) is 39.9 Å². The van der Waals surface area contributed by atoms with Gasteiger partial charge in [0.1, 0.15) is 78.9 Å². The SMILES string of the molecule is CC(C)(C)OC(=O)N1CC(=CC#N)C1.CN(C)/C=C(/C=[N+](C)C)c1ncnc2[nH]ccc12.N#CCC1(NN)CCC1.N#CCC1(n2cc(-c3ncnc4[nH]ccc34)cn2)CCC1.N#CCC1(n2cc(-c3ncnc4[nH]ccc34)cn2)CCC1.N#CCC1(n2cc(-c3ncnc4[nH]ccc34)cn2)CN(C2CCN(C(=O)c3ccnc(C(F)(F)F)c3F)CC2)C1.O=C1CCC(C(=O)c2ccnc(C(F)(F)F)c2F)CC1.[O-][Cl+3]([O-])([O-])[O-]. The summed E-state index contributed by atoms with van der Waals surface area (Å²) in [6, 6.07) is 20.8. The fraction of sp³-hybridized carbons (Fsp3) is 0.418. The smallest absolute Gasteiger partial charge is 0.436 e. The van der Waals surface area contributed by atoms with Crippen molar-refractivity contribution >= 4 is 79.5 Å². The number of ketones is 2. The van der Waals surface area contributed by atoms with Crippen LogP contribution < -0.4 is 29.9 Å². The number of aromatic amines is 4. The number of halogens is 9. The number of nitrogens with two attached hydrogens (primary N) is 1. The second-order valence-corrected chi connectivity index (χ2v) is 38.6. The highest BCUT2D eigenvalue weighted by molar-refractivity contribution is 6.11. The normalized spacial score (nSPS) is 16.5. The van der Waals surface area contributed by atoms with Crippen LogP contribution in [0.5, 0.6) is 0 Å². The van der Waals surface area contributed by atoms with Gasteiger partial charge in [-0.2, -0.15) is 67.9 Å². The second-order valence-electron chi connectivity index (χ2n) is 37.8. The molecule has 0 aromatic carbocycles. The lowest BCUT2D eigenvalue weighted by molar-refractivity contribution is -2.00. The third-order valence-electron chi connectivity index (χ3n) is 26.0. The van der Waals surface area contributed by atoms with E-state index in [1.54, 1.807) is 36.3 Å². The molecule has 4 saturated carbocycles. The van der Waals surface area contributed by atoms with E-state index in [0.29, 0.717) is 58.3 Å². The molecule has 2 amide bonds. The Labute approximate surface area is 844 Å². The zero-order valence-electron chi connectivity index (χ0n) is 81.5. The fourth-order valence-corrected chi connectivity index (χ4v) is 18.0. The minimum Gasteiger partial charge on any atom is -0.444 e. The molecule has 20 rings (SSSR count). The lowest BCUT2D eigenvalue weighted by Crippen LogP contribution is -2.68. The zero-order chi connectivity index (χ0) is 107. The largest absolute Gasteiger partial charge is 0.444 e. The van der Waals surface area contributed by atoms with Gasteiger partial charge in [0.05, 0.1) is 125 Å². The summed E-state index contributed by atoms with van der Waals surface area (Å²) in [5.41, 5.74) is 8.27. The first-order valence-electron chi connectivity index (χ1n) is 46.8. The lowest BCUT2D eigenvalue weighted by Gasteiger charge is -2.53. The number of carbonyl (C=O) groups excluding carboxylic acids is 4. The number of H-pyrrole nitrogens is 4. The van der Waals surface area contributed by atoms with Gasteiger partial charge >= 0.3 is 18.4 Å². The second kappa shape index (κ2) is 47.2. The molecule has 0 atom stereocenters. The number of alkyl halides is 6. The Morgan fingerprint density at radius 3 is 1.35 bits per heavy atom. The van der Waals surface area contributed by atoms with E-state index in [4.69, 9.17) is 50.3 Å². The van der Waals surface area contributed by atoms with E-state index in [-0.39, 0.29) is 79.7 Å². The first-order chi connectivity index (χ1) is 70.5. The van der Waals surface area contributed by atoms with Crippen LogP contribution in [0.15, 0.2) is 154 Å². The summed E-state index contributed by atoms with van der Waals surface area (Å²) in [4.78, 5) is 107. The number of ether oxygens (including phenoxy) is 1. The van der Waals surface area contributed by atoms with Crippen LogP contribution in [0.2, 0.25) is 0 Å². The van der Waals surface area contributed by atoms with Gasteiger partial charge < -0.3 is 39.4 Å². The van der Waals surface area contributed by atoms with Crippen LogP contribution in [0.1, 0.15) is 181 Å². The standard InChI is InChI=1S/C26H23F4N9O.2C15H14N6.C13H11F4NO2.C13H18N5.C10H14N2O2.C6H11N3.ClHO4/c27-20-18(1-7-32-22(20)26(28,29)30)24(40)37-9-3-17(4-10-37)38-13-25(14-38,5-6-31)39-12-16(11-36-39)21-19-2-8-33-23(19)35-15-34-21;2*16-6-5-15(3-1-4-15)21-9-11(8-20-21)13-12-2-7-17-14(12)19-10-18-13;14-10-9(5-6-18-12(10)13(15,16)17)11(20)7-1-3-8(19)4-2-7;1-17(2)7-10(8-18(3)4)12-11-5-6-14-13(11)16-9-15-12;1-10(2,3)14-9(13)12-6-8(7-12)4-5-11;7-5-4-6(9-8)2-1-3-6;2-1(3,4)5/h1-2,7-8,11-12,15,17H,3-5,9-10,13-14H2,(H,33,34,35);2*2,7-10H,1,3-5H2,(H,17,18,19);5-7H,1-4H2;5-9H,1-4H3,(H,14,15,16);4H,6-7H2,1-3H3;9H,1-4,8H2;(H,2,3,4,5)/q;;;;+1;;;/p-1. The van der Waals surface area contributed by atoms with E-state index < -0.39 is 85.5 Å². The number of nitrogens with one attached hydrogen (secondary N) is 5.